The van der Waals surface area contributed by atoms with Gasteiger partial charge in [-0.2, -0.15) is 0 Å². The van der Waals surface area contributed by atoms with Crippen LogP contribution in [0.2, 0.25) is 0 Å². The summed E-state index contributed by atoms with van der Waals surface area (Å²) in [6, 6.07) is 22.5. The average molecular weight is 387 g/mol. The SMILES string of the molecule is Cc1cccc(NC(=O)NCC(=O)Nc2ccccc2C(=O)c2ccccc2)c1. The number of hydrogen-bond donors (Lipinski definition) is 3. The van der Waals surface area contributed by atoms with Crippen molar-refractivity contribution < 1.29 is 14.4 Å². The number of para-hydroxylation sites is 1. The lowest BCUT2D eigenvalue weighted by Crippen LogP contribution is -2.36. The number of carbonyl (C=O) groups excluding carboxylic acids is 3. The molecule has 3 amide bonds. The number of rotatable bonds is 6. The summed E-state index contributed by atoms with van der Waals surface area (Å²) in [4.78, 5) is 37.0. The van der Waals surface area contributed by atoms with E-state index in [9.17, 15) is 14.4 Å². The fourth-order valence-electron chi connectivity index (χ4n) is 2.79. The van der Waals surface area contributed by atoms with Crippen molar-refractivity contribution in [1.82, 2.24) is 5.32 Å². The third-order valence-corrected chi connectivity index (χ3v) is 4.17. The van der Waals surface area contributed by atoms with Crippen LogP contribution < -0.4 is 16.0 Å². The smallest absolute Gasteiger partial charge is 0.319 e. The Bertz CT molecular complexity index is 1030. The second kappa shape index (κ2) is 9.32. The van der Waals surface area contributed by atoms with Crippen LogP contribution in [-0.2, 0) is 4.79 Å². The minimum Gasteiger partial charge on any atom is -0.329 e. The van der Waals surface area contributed by atoms with Crippen LogP contribution in [0.25, 0.3) is 0 Å². The summed E-state index contributed by atoms with van der Waals surface area (Å²) in [6.45, 7) is 1.69. The maximum atomic E-state index is 12.7. The topological polar surface area (TPSA) is 87.3 Å². The fraction of sp³-hybridized carbons (Fsp3) is 0.0870. The Kier molecular flexibility index (Phi) is 6.37. The number of nitrogens with one attached hydrogen (secondary N) is 3. The van der Waals surface area contributed by atoms with Gasteiger partial charge in [-0.3, -0.25) is 9.59 Å². The molecule has 0 atom stereocenters. The van der Waals surface area contributed by atoms with E-state index in [0.29, 0.717) is 22.5 Å². The molecule has 0 unspecified atom stereocenters. The van der Waals surface area contributed by atoms with Gasteiger partial charge in [-0.1, -0.05) is 54.6 Å². The van der Waals surface area contributed by atoms with Gasteiger partial charge in [0.25, 0.3) is 0 Å². The zero-order valence-electron chi connectivity index (χ0n) is 15.9. The van der Waals surface area contributed by atoms with Gasteiger partial charge in [-0.25, -0.2) is 4.79 Å². The molecule has 0 bridgehead atoms. The quantitative estimate of drug-likeness (QED) is 0.559. The lowest BCUT2D eigenvalue weighted by atomic mass is 10.0. The molecule has 0 spiro atoms. The molecule has 0 radical (unpaired) electrons. The van der Waals surface area contributed by atoms with Crippen LogP contribution in [0.1, 0.15) is 21.5 Å². The van der Waals surface area contributed by atoms with Crippen molar-refractivity contribution in [3.05, 3.63) is 95.6 Å². The second-order valence-corrected chi connectivity index (χ2v) is 6.47. The van der Waals surface area contributed by atoms with Gasteiger partial charge in [-0.05, 0) is 36.8 Å². The third-order valence-electron chi connectivity index (χ3n) is 4.17. The highest BCUT2D eigenvalue weighted by Crippen LogP contribution is 2.19. The van der Waals surface area contributed by atoms with Crippen molar-refractivity contribution in [2.75, 3.05) is 17.2 Å². The zero-order chi connectivity index (χ0) is 20.6. The van der Waals surface area contributed by atoms with Crippen LogP contribution in [0, 0.1) is 6.92 Å². The first-order chi connectivity index (χ1) is 14.0. The molecule has 0 saturated carbocycles. The van der Waals surface area contributed by atoms with E-state index in [2.05, 4.69) is 16.0 Å². The molecule has 6 heteroatoms. The Balaban J connectivity index is 1.60. The number of amides is 3. The number of anilines is 2. The Morgan fingerprint density at radius 1 is 0.793 bits per heavy atom. The van der Waals surface area contributed by atoms with Crippen molar-refractivity contribution in [3.63, 3.8) is 0 Å². The van der Waals surface area contributed by atoms with E-state index in [0.717, 1.165) is 5.56 Å². The first-order valence-corrected chi connectivity index (χ1v) is 9.13. The van der Waals surface area contributed by atoms with Gasteiger partial charge in [0.1, 0.15) is 0 Å². The van der Waals surface area contributed by atoms with Crippen LogP contribution in [0.4, 0.5) is 16.2 Å². The number of carbonyl (C=O) groups is 3. The number of hydrogen-bond acceptors (Lipinski definition) is 3. The molecular formula is C23H21N3O3. The van der Waals surface area contributed by atoms with Crippen molar-refractivity contribution >= 4 is 29.1 Å². The molecule has 3 aromatic carbocycles. The van der Waals surface area contributed by atoms with Crippen LogP contribution in [0.5, 0.6) is 0 Å². The summed E-state index contributed by atoms with van der Waals surface area (Å²) in [6.07, 6.45) is 0. The van der Waals surface area contributed by atoms with E-state index in [1.165, 1.54) is 0 Å². The summed E-state index contributed by atoms with van der Waals surface area (Å²) in [5, 5.41) is 7.86. The first kappa shape index (κ1) is 19.8. The first-order valence-electron chi connectivity index (χ1n) is 9.13. The Morgan fingerprint density at radius 3 is 2.28 bits per heavy atom. The third kappa shape index (κ3) is 5.52. The van der Waals surface area contributed by atoms with E-state index in [1.807, 2.05) is 31.2 Å². The molecule has 3 N–H and O–H groups in total. The van der Waals surface area contributed by atoms with Crippen molar-refractivity contribution in [2.45, 2.75) is 6.92 Å². The van der Waals surface area contributed by atoms with Crippen molar-refractivity contribution in [2.24, 2.45) is 0 Å². The van der Waals surface area contributed by atoms with Gasteiger partial charge in [0.15, 0.2) is 5.78 Å². The Labute approximate surface area is 169 Å². The van der Waals surface area contributed by atoms with E-state index in [4.69, 9.17) is 0 Å². The summed E-state index contributed by atoms with van der Waals surface area (Å²) in [5.74, 6) is -0.621. The molecule has 3 aromatic rings. The summed E-state index contributed by atoms with van der Waals surface area (Å²) in [7, 11) is 0. The lowest BCUT2D eigenvalue weighted by molar-refractivity contribution is -0.115. The number of ketones is 1. The van der Waals surface area contributed by atoms with Crippen molar-refractivity contribution in [3.8, 4) is 0 Å². The largest absolute Gasteiger partial charge is 0.329 e. The summed E-state index contributed by atoms with van der Waals surface area (Å²) in [5.41, 5.74) is 2.97. The van der Waals surface area contributed by atoms with Gasteiger partial charge in [0.05, 0.1) is 12.2 Å². The maximum Gasteiger partial charge on any atom is 0.319 e. The van der Waals surface area contributed by atoms with Gasteiger partial charge in [0.2, 0.25) is 5.91 Å². The van der Waals surface area contributed by atoms with Gasteiger partial charge in [0, 0.05) is 16.8 Å². The predicted molar refractivity (Wildman–Crippen MR) is 113 cm³/mol. The zero-order valence-corrected chi connectivity index (χ0v) is 15.9. The molecular weight excluding hydrogens is 366 g/mol. The van der Waals surface area contributed by atoms with Crippen LogP contribution >= 0.6 is 0 Å². The normalized spacial score (nSPS) is 10.1. The number of aryl methyl sites for hydroxylation is 1. The van der Waals surface area contributed by atoms with Crippen molar-refractivity contribution in [1.29, 1.82) is 0 Å². The monoisotopic (exact) mass is 387 g/mol. The minimum absolute atomic E-state index is 0.188. The predicted octanol–water partition coefficient (Wildman–Crippen LogP) is 3.99. The standard InChI is InChI=1S/C23H21N3O3/c1-16-8-7-11-18(14-16)25-23(29)24-15-21(27)26-20-13-6-5-12-19(20)22(28)17-9-3-2-4-10-17/h2-14H,15H2,1H3,(H,26,27)(H2,24,25,29). The average Bonchev–Trinajstić information content (AvgIpc) is 2.73. The van der Waals surface area contributed by atoms with Crippen LogP contribution in [-0.4, -0.2) is 24.3 Å². The molecule has 0 aliphatic heterocycles. The van der Waals surface area contributed by atoms with Gasteiger partial charge in [-0.15, -0.1) is 0 Å². The molecule has 0 aliphatic carbocycles. The summed E-state index contributed by atoms with van der Waals surface area (Å²) >= 11 is 0. The van der Waals surface area contributed by atoms with E-state index >= 15 is 0 Å². The van der Waals surface area contributed by atoms with E-state index in [1.54, 1.807) is 54.6 Å². The lowest BCUT2D eigenvalue weighted by Gasteiger charge is -2.12. The molecule has 0 aromatic heterocycles. The molecule has 6 nitrogen and oxygen atoms in total. The molecule has 3 rings (SSSR count). The van der Waals surface area contributed by atoms with Crippen LogP contribution in [0.3, 0.4) is 0 Å². The second-order valence-electron chi connectivity index (χ2n) is 6.47. The molecule has 0 fully saturated rings. The highest BCUT2D eigenvalue weighted by atomic mass is 16.2. The fourth-order valence-corrected chi connectivity index (χ4v) is 2.79. The molecule has 0 saturated heterocycles. The molecule has 0 heterocycles. The van der Waals surface area contributed by atoms with Gasteiger partial charge >= 0.3 is 6.03 Å². The maximum absolute atomic E-state index is 12.7. The summed E-state index contributed by atoms with van der Waals surface area (Å²) < 4.78 is 0. The van der Waals surface area contributed by atoms with Crippen LogP contribution in [0.15, 0.2) is 78.9 Å². The highest BCUT2D eigenvalue weighted by molar-refractivity contribution is 6.14. The molecule has 29 heavy (non-hydrogen) atoms. The van der Waals surface area contributed by atoms with E-state index < -0.39 is 11.9 Å². The minimum atomic E-state index is -0.487. The Morgan fingerprint density at radius 2 is 1.52 bits per heavy atom. The highest BCUT2D eigenvalue weighted by Gasteiger charge is 2.15. The molecule has 0 aliphatic rings. The number of benzene rings is 3. The van der Waals surface area contributed by atoms with Gasteiger partial charge < -0.3 is 16.0 Å². The Hall–Kier alpha value is -3.93. The van der Waals surface area contributed by atoms with E-state index in [-0.39, 0.29) is 12.3 Å². The molecule has 146 valence electrons. The number of urea groups is 1.